The molecule has 1 N–H and O–H groups in total. The Bertz CT molecular complexity index is 563. The van der Waals surface area contributed by atoms with E-state index in [4.69, 9.17) is 16.3 Å². The average molecular weight is 281 g/mol. The summed E-state index contributed by atoms with van der Waals surface area (Å²) in [6.07, 6.45) is 1.72. The number of ether oxygens (including phenoxy) is 1. The van der Waals surface area contributed by atoms with Crippen LogP contribution in [0.15, 0.2) is 36.5 Å². The lowest BCUT2D eigenvalue weighted by molar-refractivity contribution is 0.306. The quantitative estimate of drug-likeness (QED) is 0.902. The molecule has 1 aromatic carbocycles. The SMILES string of the molecule is CCNc1ncccc1COc1ccc(F)c(Cl)c1. The van der Waals surface area contributed by atoms with Gasteiger partial charge in [0.2, 0.25) is 0 Å². The van der Waals surface area contributed by atoms with Crippen molar-refractivity contribution in [3.8, 4) is 5.75 Å². The van der Waals surface area contributed by atoms with Gasteiger partial charge in [-0.1, -0.05) is 17.7 Å². The molecule has 0 bridgehead atoms. The van der Waals surface area contributed by atoms with E-state index in [1.807, 2.05) is 19.1 Å². The van der Waals surface area contributed by atoms with E-state index in [1.165, 1.54) is 12.1 Å². The van der Waals surface area contributed by atoms with Crippen molar-refractivity contribution in [2.45, 2.75) is 13.5 Å². The highest BCUT2D eigenvalue weighted by Gasteiger charge is 2.05. The van der Waals surface area contributed by atoms with Crippen molar-refractivity contribution in [2.24, 2.45) is 0 Å². The molecule has 2 aromatic rings. The van der Waals surface area contributed by atoms with E-state index in [1.54, 1.807) is 12.3 Å². The van der Waals surface area contributed by atoms with Gasteiger partial charge < -0.3 is 10.1 Å². The highest BCUT2D eigenvalue weighted by Crippen LogP contribution is 2.22. The Morgan fingerprint density at radius 2 is 2.21 bits per heavy atom. The first-order valence-electron chi connectivity index (χ1n) is 5.96. The molecule has 100 valence electrons. The summed E-state index contributed by atoms with van der Waals surface area (Å²) in [5.74, 6) is 0.861. The van der Waals surface area contributed by atoms with Gasteiger partial charge in [-0.3, -0.25) is 0 Å². The van der Waals surface area contributed by atoms with Crippen LogP contribution >= 0.6 is 11.6 Å². The standard InChI is InChI=1S/C14H14ClFN2O/c1-2-17-14-10(4-3-7-18-14)9-19-11-5-6-13(16)12(15)8-11/h3-8H,2,9H2,1H3,(H,17,18). The number of anilines is 1. The number of hydrogen-bond acceptors (Lipinski definition) is 3. The lowest BCUT2D eigenvalue weighted by Crippen LogP contribution is -2.05. The van der Waals surface area contributed by atoms with E-state index in [2.05, 4.69) is 10.3 Å². The molecular formula is C14H14ClFN2O. The molecule has 0 fully saturated rings. The summed E-state index contributed by atoms with van der Waals surface area (Å²) in [6, 6.07) is 8.06. The fourth-order valence-electron chi connectivity index (χ4n) is 1.61. The van der Waals surface area contributed by atoms with Gasteiger partial charge >= 0.3 is 0 Å². The lowest BCUT2D eigenvalue weighted by atomic mass is 10.2. The zero-order chi connectivity index (χ0) is 13.7. The van der Waals surface area contributed by atoms with Gasteiger partial charge in [-0.05, 0) is 25.1 Å². The minimum Gasteiger partial charge on any atom is -0.489 e. The third kappa shape index (κ3) is 3.58. The van der Waals surface area contributed by atoms with Crippen molar-refractivity contribution in [3.63, 3.8) is 0 Å². The number of halogens is 2. The number of rotatable bonds is 5. The maximum atomic E-state index is 13.0. The number of nitrogens with zero attached hydrogens (tertiary/aromatic N) is 1. The topological polar surface area (TPSA) is 34.2 Å². The summed E-state index contributed by atoms with van der Waals surface area (Å²) in [7, 11) is 0. The van der Waals surface area contributed by atoms with Crippen LogP contribution < -0.4 is 10.1 Å². The van der Waals surface area contributed by atoms with Crippen molar-refractivity contribution in [1.82, 2.24) is 4.98 Å². The smallest absolute Gasteiger partial charge is 0.142 e. The van der Waals surface area contributed by atoms with Crippen molar-refractivity contribution in [3.05, 3.63) is 52.9 Å². The first-order chi connectivity index (χ1) is 9.20. The van der Waals surface area contributed by atoms with Crippen LogP contribution in [0.3, 0.4) is 0 Å². The Morgan fingerprint density at radius 3 is 2.95 bits per heavy atom. The molecule has 0 saturated carbocycles. The van der Waals surface area contributed by atoms with E-state index in [9.17, 15) is 4.39 Å². The Hall–Kier alpha value is -1.81. The van der Waals surface area contributed by atoms with Crippen LogP contribution in [0, 0.1) is 5.82 Å². The maximum Gasteiger partial charge on any atom is 0.142 e. The number of pyridine rings is 1. The van der Waals surface area contributed by atoms with Gasteiger partial charge in [0.1, 0.15) is 24.0 Å². The van der Waals surface area contributed by atoms with Crippen molar-refractivity contribution in [1.29, 1.82) is 0 Å². The summed E-state index contributed by atoms with van der Waals surface area (Å²) in [5, 5.41) is 3.21. The minimum absolute atomic E-state index is 0.0515. The normalized spacial score (nSPS) is 10.3. The largest absolute Gasteiger partial charge is 0.489 e. The fourth-order valence-corrected chi connectivity index (χ4v) is 1.78. The number of hydrogen-bond donors (Lipinski definition) is 1. The lowest BCUT2D eigenvalue weighted by Gasteiger charge is -2.11. The first-order valence-corrected chi connectivity index (χ1v) is 6.34. The van der Waals surface area contributed by atoms with Crippen molar-refractivity contribution in [2.75, 3.05) is 11.9 Å². The van der Waals surface area contributed by atoms with Gasteiger partial charge in [0.05, 0.1) is 5.02 Å². The van der Waals surface area contributed by atoms with Crippen LogP contribution in [-0.2, 0) is 6.61 Å². The molecule has 19 heavy (non-hydrogen) atoms. The molecule has 0 spiro atoms. The summed E-state index contributed by atoms with van der Waals surface area (Å²) >= 11 is 5.70. The van der Waals surface area contributed by atoms with E-state index in [0.717, 1.165) is 17.9 Å². The van der Waals surface area contributed by atoms with Crippen LogP contribution in [0.5, 0.6) is 5.75 Å². The highest BCUT2D eigenvalue weighted by atomic mass is 35.5. The van der Waals surface area contributed by atoms with E-state index in [-0.39, 0.29) is 5.02 Å². The molecule has 2 rings (SSSR count). The molecule has 0 radical (unpaired) electrons. The predicted octanol–water partition coefficient (Wildman–Crippen LogP) is 3.88. The molecule has 5 heteroatoms. The molecule has 0 saturated heterocycles. The van der Waals surface area contributed by atoms with E-state index < -0.39 is 5.82 Å². The summed E-state index contributed by atoms with van der Waals surface area (Å²) in [4.78, 5) is 4.24. The predicted molar refractivity (Wildman–Crippen MR) is 74.1 cm³/mol. The van der Waals surface area contributed by atoms with Crippen LogP contribution in [-0.4, -0.2) is 11.5 Å². The van der Waals surface area contributed by atoms with Gasteiger partial charge in [0.15, 0.2) is 0 Å². The zero-order valence-electron chi connectivity index (χ0n) is 10.5. The van der Waals surface area contributed by atoms with Crippen LogP contribution in [0.2, 0.25) is 5.02 Å². The average Bonchev–Trinajstić information content (AvgIpc) is 2.42. The Morgan fingerprint density at radius 1 is 1.37 bits per heavy atom. The molecule has 0 amide bonds. The fraction of sp³-hybridized carbons (Fsp3) is 0.214. The second-order valence-electron chi connectivity index (χ2n) is 3.91. The van der Waals surface area contributed by atoms with Gasteiger partial charge in [-0.25, -0.2) is 9.37 Å². The second kappa shape index (κ2) is 6.38. The molecule has 0 aliphatic heterocycles. The molecule has 0 aliphatic carbocycles. The molecule has 3 nitrogen and oxygen atoms in total. The van der Waals surface area contributed by atoms with E-state index >= 15 is 0 Å². The Kier molecular flexibility index (Phi) is 4.58. The molecule has 0 aliphatic rings. The Balaban J connectivity index is 2.07. The molecule has 1 heterocycles. The monoisotopic (exact) mass is 280 g/mol. The molecular weight excluding hydrogens is 267 g/mol. The number of benzene rings is 1. The van der Waals surface area contributed by atoms with Gasteiger partial charge in [0.25, 0.3) is 0 Å². The van der Waals surface area contributed by atoms with Crippen molar-refractivity contribution >= 4 is 17.4 Å². The summed E-state index contributed by atoms with van der Waals surface area (Å²) in [6.45, 7) is 3.13. The number of nitrogens with one attached hydrogen (secondary N) is 1. The van der Waals surface area contributed by atoms with Gasteiger partial charge in [0, 0.05) is 24.4 Å². The minimum atomic E-state index is -0.455. The maximum absolute atomic E-state index is 13.0. The summed E-state index contributed by atoms with van der Waals surface area (Å²) < 4.78 is 18.6. The molecule has 0 unspecified atom stereocenters. The second-order valence-corrected chi connectivity index (χ2v) is 4.31. The number of aromatic nitrogens is 1. The molecule has 0 atom stereocenters. The van der Waals surface area contributed by atoms with Crippen LogP contribution in [0.25, 0.3) is 0 Å². The highest BCUT2D eigenvalue weighted by molar-refractivity contribution is 6.30. The molecule has 1 aromatic heterocycles. The van der Waals surface area contributed by atoms with Crippen molar-refractivity contribution < 1.29 is 9.13 Å². The summed E-state index contributed by atoms with van der Waals surface area (Å²) in [5.41, 5.74) is 0.935. The zero-order valence-corrected chi connectivity index (χ0v) is 11.2. The van der Waals surface area contributed by atoms with Crippen LogP contribution in [0.1, 0.15) is 12.5 Å². The van der Waals surface area contributed by atoms with Gasteiger partial charge in [-0.2, -0.15) is 0 Å². The third-order valence-electron chi connectivity index (χ3n) is 2.52. The van der Waals surface area contributed by atoms with Crippen LogP contribution in [0.4, 0.5) is 10.2 Å². The van der Waals surface area contributed by atoms with E-state index in [0.29, 0.717) is 12.4 Å². The van der Waals surface area contributed by atoms with Gasteiger partial charge in [-0.15, -0.1) is 0 Å². The first kappa shape index (κ1) is 13.6. The third-order valence-corrected chi connectivity index (χ3v) is 2.81. The Labute approximate surface area is 116 Å².